The quantitative estimate of drug-likeness (QED) is 0.545. The van der Waals surface area contributed by atoms with Gasteiger partial charge in [-0.15, -0.1) is 4.40 Å². The van der Waals surface area contributed by atoms with E-state index in [1.807, 2.05) is 0 Å². The van der Waals surface area contributed by atoms with Crippen molar-refractivity contribution in [3.8, 4) is 0 Å². The van der Waals surface area contributed by atoms with E-state index in [1.54, 1.807) is 17.0 Å². The van der Waals surface area contributed by atoms with E-state index >= 15 is 0 Å². The highest BCUT2D eigenvalue weighted by Gasteiger charge is 2.60. The number of nitrogens with zero attached hydrogens (tertiary/aromatic N) is 3. The molecule has 4 fully saturated rings. The molecule has 1 N–H and O–H groups in total. The summed E-state index contributed by atoms with van der Waals surface area (Å²) in [6.45, 7) is 0.431. The molecule has 5 atom stereocenters. The third kappa shape index (κ3) is 3.88. The summed E-state index contributed by atoms with van der Waals surface area (Å²) in [6.07, 6.45) is 3.08. The Morgan fingerprint density at radius 2 is 1.75 bits per heavy atom. The van der Waals surface area contributed by atoms with Crippen LogP contribution in [0.3, 0.4) is 0 Å². The van der Waals surface area contributed by atoms with Gasteiger partial charge >= 0.3 is 0 Å². The lowest BCUT2D eigenvalue weighted by Crippen LogP contribution is -2.61. The van der Waals surface area contributed by atoms with Gasteiger partial charge in [0.2, 0.25) is 15.9 Å². The summed E-state index contributed by atoms with van der Waals surface area (Å²) in [5.41, 5.74) is 1.07. The second kappa shape index (κ2) is 8.84. The lowest BCUT2D eigenvalue weighted by Gasteiger charge is -2.45. The lowest BCUT2D eigenvalue weighted by molar-refractivity contribution is -0.153. The molecule has 10 nitrogen and oxygen atoms in total. The number of rotatable bonds is 4. The van der Waals surface area contributed by atoms with Crippen LogP contribution in [0.1, 0.15) is 31.2 Å². The highest BCUT2D eigenvalue weighted by Crippen LogP contribution is 2.54. The molecule has 210 valence electrons. The van der Waals surface area contributed by atoms with E-state index in [-0.39, 0.29) is 64.6 Å². The van der Waals surface area contributed by atoms with E-state index < -0.39 is 43.6 Å². The van der Waals surface area contributed by atoms with Gasteiger partial charge in [-0.2, -0.15) is 8.42 Å². The van der Waals surface area contributed by atoms with Gasteiger partial charge in [0, 0.05) is 25.0 Å². The number of anilines is 2. The van der Waals surface area contributed by atoms with Crippen LogP contribution in [-0.4, -0.2) is 57.6 Å². The van der Waals surface area contributed by atoms with Crippen LogP contribution < -0.4 is 9.62 Å². The topological polar surface area (TPSA) is 133 Å². The largest absolute Gasteiger partial charge is 0.341 e. The summed E-state index contributed by atoms with van der Waals surface area (Å²) in [4.78, 5) is 29.3. The van der Waals surface area contributed by atoms with Gasteiger partial charge in [0.15, 0.2) is 11.7 Å². The van der Waals surface area contributed by atoms with Crippen molar-refractivity contribution in [1.29, 1.82) is 0 Å². The van der Waals surface area contributed by atoms with E-state index in [2.05, 4.69) is 9.71 Å². The molecule has 2 aliphatic carbocycles. The Morgan fingerprint density at radius 1 is 1.00 bits per heavy atom. The van der Waals surface area contributed by atoms with E-state index in [0.29, 0.717) is 12.0 Å². The number of likely N-dealkylation sites (tertiary alicyclic amines) is 1. The Balaban J connectivity index is 1.25. The van der Waals surface area contributed by atoms with Crippen LogP contribution >= 0.6 is 0 Å². The number of sulfonamides is 2. The maximum atomic E-state index is 14.0. The number of hydrogen-bond acceptors (Lipinski definition) is 7. The summed E-state index contributed by atoms with van der Waals surface area (Å²) in [5.74, 6) is -3.01. The summed E-state index contributed by atoms with van der Waals surface area (Å²) in [5, 5.41) is 2.92. The van der Waals surface area contributed by atoms with Gasteiger partial charge in [0.25, 0.3) is 10.0 Å². The predicted molar refractivity (Wildman–Crippen MR) is 144 cm³/mol. The number of amides is 1. The molecule has 2 saturated carbocycles. The number of nitrogens with one attached hydrogen (secondary N) is 1. The number of amidine groups is 1. The van der Waals surface area contributed by atoms with Crippen molar-refractivity contribution in [3.63, 3.8) is 0 Å². The molecule has 2 aromatic rings. The second-order valence-electron chi connectivity index (χ2n) is 11.3. The Morgan fingerprint density at radius 3 is 2.48 bits per heavy atom. The predicted octanol–water partition coefficient (Wildman–Crippen LogP) is 2.52. The second-order valence-corrected chi connectivity index (χ2v) is 14.9. The molecule has 3 heterocycles. The van der Waals surface area contributed by atoms with Crippen molar-refractivity contribution in [2.45, 2.75) is 43.2 Å². The maximum absolute atomic E-state index is 14.0. The minimum Gasteiger partial charge on any atom is -0.341 e. The molecule has 7 rings (SSSR count). The Labute approximate surface area is 231 Å². The molecule has 0 aromatic heterocycles. The normalized spacial score (nSPS) is 31.5. The number of halogens is 1. The number of hydrogen-bond donors (Lipinski definition) is 1. The van der Waals surface area contributed by atoms with Gasteiger partial charge in [0.05, 0.1) is 17.1 Å². The molecule has 2 bridgehead atoms. The third-order valence-electron chi connectivity index (χ3n) is 9.03. The van der Waals surface area contributed by atoms with Crippen molar-refractivity contribution in [2.24, 2.45) is 28.1 Å². The summed E-state index contributed by atoms with van der Waals surface area (Å²) >= 11 is 0. The minimum atomic E-state index is -4.35. The molecule has 40 heavy (non-hydrogen) atoms. The average molecular weight is 587 g/mol. The van der Waals surface area contributed by atoms with Crippen LogP contribution in [0.15, 0.2) is 51.8 Å². The summed E-state index contributed by atoms with van der Waals surface area (Å²) < 4.78 is 70.1. The van der Waals surface area contributed by atoms with E-state index in [9.17, 15) is 30.8 Å². The van der Waals surface area contributed by atoms with Gasteiger partial charge in [-0.25, -0.2) is 12.8 Å². The smallest absolute Gasteiger partial charge is 0.286 e. The van der Waals surface area contributed by atoms with Crippen molar-refractivity contribution >= 4 is 48.9 Å². The minimum absolute atomic E-state index is 0.0122. The fourth-order valence-electron chi connectivity index (χ4n) is 7.34. The van der Waals surface area contributed by atoms with E-state index in [0.717, 1.165) is 19.3 Å². The molecule has 2 saturated heterocycles. The zero-order valence-corrected chi connectivity index (χ0v) is 23.0. The van der Waals surface area contributed by atoms with Gasteiger partial charge < -0.3 is 10.2 Å². The first-order chi connectivity index (χ1) is 19.0. The molecular weight excluding hydrogens is 559 g/mol. The van der Waals surface area contributed by atoms with Crippen molar-refractivity contribution in [2.75, 3.05) is 21.9 Å². The molecule has 1 unspecified atom stereocenters. The zero-order chi connectivity index (χ0) is 28.0. The average Bonchev–Trinajstić information content (AvgIpc) is 3.62. The van der Waals surface area contributed by atoms with E-state index in [4.69, 9.17) is 0 Å². The number of ketones is 1. The molecule has 1 amide bonds. The first-order valence-corrected chi connectivity index (χ1v) is 16.4. The number of fused-ring (bicyclic) bond motifs is 6. The van der Waals surface area contributed by atoms with Gasteiger partial charge in [-0.1, -0.05) is 12.1 Å². The first kappa shape index (κ1) is 25.6. The molecule has 13 heteroatoms. The molecule has 3 aliphatic heterocycles. The van der Waals surface area contributed by atoms with Crippen LogP contribution in [0, 0.1) is 29.5 Å². The number of Topliss-reactive ketones (excluding diaryl/α,β-unsaturated/α-hetero) is 1. The summed E-state index contributed by atoms with van der Waals surface area (Å²) in [7, 11) is -7.88. The van der Waals surface area contributed by atoms with Crippen LogP contribution in [0.25, 0.3) is 0 Å². The molecule has 0 spiro atoms. The number of piperidine rings is 1. The monoisotopic (exact) mass is 586 g/mol. The fourth-order valence-corrected chi connectivity index (χ4v) is 10.1. The van der Waals surface area contributed by atoms with Gasteiger partial charge in [0.1, 0.15) is 16.5 Å². The van der Waals surface area contributed by atoms with Gasteiger partial charge in [-0.05, 0) is 73.4 Å². The Bertz CT molecular complexity index is 1690. The van der Waals surface area contributed by atoms with Crippen LogP contribution in [-0.2, 0) is 36.2 Å². The zero-order valence-electron chi connectivity index (χ0n) is 21.4. The Hall–Kier alpha value is -3.32. The van der Waals surface area contributed by atoms with Crippen LogP contribution in [0.5, 0.6) is 0 Å². The number of carbonyl (C=O) groups is 2. The van der Waals surface area contributed by atoms with Crippen molar-refractivity contribution in [3.05, 3.63) is 53.8 Å². The molecular formula is C27H27FN4O6S2. The van der Waals surface area contributed by atoms with Crippen molar-refractivity contribution in [1.82, 2.24) is 4.90 Å². The highest BCUT2D eigenvalue weighted by molar-refractivity contribution is 7.93. The fraction of sp³-hybridized carbons (Fsp3) is 0.444. The first-order valence-electron chi connectivity index (χ1n) is 13.4. The standard InChI is InChI=1S/C27H27FN4O6S2/c28-18-6-2-15(3-7-18)14-31-24-17-5-4-16(12-17)22(24)25(33)23(27(31)34)26-29-20-9-8-19(13-21(20)40(37,38)30-26)32-10-1-11-39(32,35)36/h2-3,6-9,13,16-17,22-24H,1,4-5,10-12,14H2,(H,29,30)/t16-,17+,22+,23?,24-/m0/s1. The van der Waals surface area contributed by atoms with E-state index in [1.165, 1.54) is 34.6 Å². The molecule has 0 radical (unpaired) electrons. The maximum Gasteiger partial charge on any atom is 0.286 e. The molecule has 5 aliphatic rings. The highest BCUT2D eigenvalue weighted by atomic mass is 32.2. The number of benzene rings is 2. The van der Waals surface area contributed by atoms with Crippen LogP contribution in [0.4, 0.5) is 15.8 Å². The molecule has 2 aromatic carbocycles. The number of carbonyl (C=O) groups excluding carboxylic acids is 2. The van der Waals surface area contributed by atoms with Crippen molar-refractivity contribution < 1.29 is 30.8 Å². The third-order valence-corrected chi connectivity index (χ3v) is 12.2. The Kier molecular flexibility index (Phi) is 5.66. The van der Waals surface area contributed by atoms with Crippen LogP contribution in [0.2, 0.25) is 0 Å². The summed E-state index contributed by atoms with van der Waals surface area (Å²) in [6, 6.07) is 9.78. The van der Waals surface area contributed by atoms with Gasteiger partial charge in [-0.3, -0.25) is 13.9 Å². The SMILES string of the molecule is O=C1C(C2=NS(=O)(=O)c3cc(N4CCCS4(=O)=O)ccc3N2)C(=O)N(Cc2ccc(F)cc2)[C@H]2[C@@H]3CC[C@@H](C3)[C@@H]12. The lowest BCUT2D eigenvalue weighted by atomic mass is 9.73.